The number of amides is 1. The molecule has 1 aromatic carbocycles. The number of rotatable bonds is 7. The number of carboxylic acid groups (broad SMARTS) is 1. The quantitative estimate of drug-likeness (QED) is 0.740. The van der Waals surface area contributed by atoms with Crippen LogP contribution in [0, 0.1) is 18.8 Å². The van der Waals surface area contributed by atoms with Crippen molar-refractivity contribution in [3.8, 4) is 5.75 Å². The van der Waals surface area contributed by atoms with Gasteiger partial charge in [-0.2, -0.15) is 0 Å². The van der Waals surface area contributed by atoms with Crippen LogP contribution in [0.15, 0.2) is 24.3 Å². The van der Waals surface area contributed by atoms with E-state index in [0.717, 1.165) is 17.9 Å². The number of aliphatic carboxylic acids is 1. The highest BCUT2D eigenvalue weighted by Gasteiger charge is 2.30. The SMILES string of the molecule is Cc1cccc(OCCNC(=O)CN2CC(C)CC(C(=O)O)C2)c1. The number of hydrogen-bond donors (Lipinski definition) is 2. The molecule has 2 rings (SSSR count). The fourth-order valence-electron chi connectivity index (χ4n) is 3.09. The zero-order valence-corrected chi connectivity index (χ0v) is 14.3. The second kappa shape index (κ2) is 8.68. The summed E-state index contributed by atoms with van der Waals surface area (Å²) < 4.78 is 5.59. The van der Waals surface area contributed by atoms with Gasteiger partial charge in [0.15, 0.2) is 0 Å². The van der Waals surface area contributed by atoms with Crippen molar-refractivity contribution in [2.45, 2.75) is 20.3 Å². The molecule has 1 saturated heterocycles. The van der Waals surface area contributed by atoms with Crippen molar-refractivity contribution in [1.29, 1.82) is 0 Å². The minimum atomic E-state index is -0.779. The lowest BCUT2D eigenvalue weighted by atomic mass is 9.90. The Labute approximate surface area is 142 Å². The maximum Gasteiger partial charge on any atom is 0.307 e. The van der Waals surface area contributed by atoms with Crippen molar-refractivity contribution in [2.24, 2.45) is 11.8 Å². The van der Waals surface area contributed by atoms with Gasteiger partial charge in [0.1, 0.15) is 12.4 Å². The number of piperidine rings is 1. The molecule has 2 unspecified atom stereocenters. The maximum atomic E-state index is 12.0. The van der Waals surface area contributed by atoms with Crippen LogP contribution in [0.1, 0.15) is 18.9 Å². The summed E-state index contributed by atoms with van der Waals surface area (Å²) >= 11 is 0. The fraction of sp³-hybridized carbons (Fsp3) is 0.556. The highest BCUT2D eigenvalue weighted by Crippen LogP contribution is 2.21. The van der Waals surface area contributed by atoms with Crippen LogP contribution in [0.3, 0.4) is 0 Å². The molecular weight excluding hydrogens is 308 g/mol. The maximum absolute atomic E-state index is 12.0. The first-order valence-electron chi connectivity index (χ1n) is 8.35. The predicted octanol–water partition coefficient (Wildman–Crippen LogP) is 1.53. The molecule has 1 aromatic rings. The summed E-state index contributed by atoms with van der Waals surface area (Å²) in [6.45, 7) is 6.29. The summed E-state index contributed by atoms with van der Waals surface area (Å²) in [7, 11) is 0. The highest BCUT2D eigenvalue weighted by atomic mass is 16.5. The van der Waals surface area contributed by atoms with E-state index >= 15 is 0 Å². The van der Waals surface area contributed by atoms with E-state index < -0.39 is 5.97 Å². The average Bonchev–Trinajstić information content (AvgIpc) is 2.51. The molecule has 0 radical (unpaired) electrons. The molecule has 1 heterocycles. The summed E-state index contributed by atoms with van der Waals surface area (Å²) in [6, 6.07) is 7.76. The van der Waals surface area contributed by atoms with Gasteiger partial charge in [0.05, 0.1) is 19.0 Å². The Morgan fingerprint density at radius 3 is 2.88 bits per heavy atom. The number of carbonyl (C=O) groups is 2. The number of carboxylic acids is 1. The molecule has 1 fully saturated rings. The average molecular weight is 334 g/mol. The molecule has 1 aliphatic rings. The number of benzene rings is 1. The molecule has 132 valence electrons. The van der Waals surface area contributed by atoms with E-state index in [0.29, 0.717) is 26.1 Å². The van der Waals surface area contributed by atoms with Gasteiger partial charge in [-0.1, -0.05) is 19.1 Å². The van der Waals surface area contributed by atoms with Gasteiger partial charge in [-0.05, 0) is 37.0 Å². The van der Waals surface area contributed by atoms with Crippen LogP contribution in [0.4, 0.5) is 0 Å². The van der Waals surface area contributed by atoms with Crippen molar-refractivity contribution in [3.05, 3.63) is 29.8 Å². The monoisotopic (exact) mass is 334 g/mol. The number of aryl methyl sites for hydroxylation is 1. The largest absolute Gasteiger partial charge is 0.492 e. The lowest BCUT2D eigenvalue weighted by Crippen LogP contribution is -2.47. The summed E-state index contributed by atoms with van der Waals surface area (Å²) in [5.74, 6) is -0.179. The molecule has 6 nitrogen and oxygen atoms in total. The molecule has 0 aliphatic carbocycles. The molecule has 0 spiro atoms. The summed E-state index contributed by atoms with van der Waals surface area (Å²) in [6.07, 6.45) is 0.678. The van der Waals surface area contributed by atoms with Crippen LogP contribution in [0.5, 0.6) is 5.75 Å². The third-order valence-corrected chi connectivity index (χ3v) is 4.13. The molecular formula is C18H26N2O4. The number of nitrogens with one attached hydrogen (secondary N) is 1. The van der Waals surface area contributed by atoms with Gasteiger partial charge in [0.2, 0.25) is 5.91 Å². The Balaban J connectivity index is 1.68. The van der Waals surface area contributed by atoms with E-state index in [4.69, 9.17) is 9.84 Å². The third-order valence-electron chi connectivity index (χ3n) is 4.13. The van der Waals surface area contributed by atoms with E-state index in [1.807, 2.05) is 43.0 Å². The first kappa shape index (κ1) is 18.3. The lowest BCUT2D eigenvalue weighted by molar-refractivity contribution is -0.145. The molecule has 0 aromatic heterocycles. The minimum Gasteiger partial charge on any atom is -0.492 e. The van der Waals surface area contributed by atoms with Gasteiger partial charge in [0.25, 0.3) is 0 Å². The Bertz CT molecular complexity index is 576. The van der Waals surface area contributed by atoms with Crippen LogP contribution in [-0.2, 0) is 9.59 Å². The van der Waals surface area contributed by atoms with Gasteiger partial charge in [-0.3, -0.25) is 14.5 Å². The highest BCUT2D eigenvalue weighted by molar-refractivity contribution is 5.78. The number of nitrogens with zero attached hydrogens (tertiary/aromatic N) is 1. The van der Waals surface area contributed by atoms with Gasteiger partial charge >= 0.3 is 5.97 Å². The molecule has 2 N–H and O–H groups in total. The predicted molar refractivity (Wildman–Crippen MR) is 91.0 cm³/mol. The van der Waals surface area contributed by atoms with E-state index in [2.05, 4.69) is 5.32 Å². The Kier molecular flexibility index (Phi) is 6.61. The third kappa shape index (κ3) is 5.85. The lowest BCUT2D eigenvalue weighted by Gasteiger charge is -2.34. The second-order valence-electron chi connectivity index (χ2n) is 6.59. The first-order chi connectivity index (χ1) is 11.4. The molecule has 1 amide bonds. The second-order valence-corrected chi connectivity index (χ2v) is 6.59. The van der Waals surface area contributed by atoms with Crippen molar-refractivity contribution >= 4 is 11.9 Å². The number of likely N-dealkylation sites (tertiary alicyclic amines) is 1. The smallest absolute Gasteiger partial charge is 0.307 e. The van der Waals surface area contributed by atoms with E-state index in [9.17, 15) is 9.59 Å². The van der Waals surface area contributed by atoms with Crippen LogP contribution >= 0.6 is 0 Å². The Morgan fingerprint density at radius 2 is 2.17 bits per heavy atom. The van der Waals surface area contributed by atoms with E-state index in [1.165, 1.54) is 0 Å². The summed E-state index contributed by atoms with van der Waals surface area (Å²) in [4.78, 5) is 25.1. The summed E-state index contributed by atoms with van der Waals surface area (Å²) in [5.41, 5.74) is 1.13. The number of hydrogen-bond acceptors (Lipinski definition) is 4. The van der Waals surface area contributed by atoms with Crippen molar-refractivity contribution < 1.29 is 19.4 Å². The van der Waals surface area contributed by atoms with Crippen LogP contribution in [0.25, 0.3) is 0 Å². The van der Waals surface area contributed by atoms with Crippen molar-refractivity contribution in [1.82, 2.24) is 10.2 Å². The zero-order chi connectivity index (χ0) is 17.5. The van der Waals surface area contributed by atoms with E-state index in [-0.39, 0.29) is 24.3 Å². The first-order valence-corrected chi connectivity index (χ1v) is 8.35. The van der Waals surface area contributed by atoms with Gasteiger partial charge < -0.3 is 15.2 Å². The van der Waals surface area contributed by atoms with Gasteiger partial charge in [-0.15, -0.1) is 0 Å². The van der Waals surface area contributed by atoms with Crippen LogP contribution < -0.4 is 10.1 Å². The minimum absolute atomic E-state index is 0.0962. The zero-order valence-electron chi connectivity index (χ0n) is 14.3. The standard InChI is InChI=1S/C18H26N2O4/c1-13-4-3-5-16(9-13)24-7-6-19-17(21)12-20-10-14(2)8-15(11-20)18(22)23/h3-5,9,14-15H,6-8,10-12H2,1-2H3,(H,19,21)(H,22,23). The van der Waals surface area contributed by atoms with E-state index in [1.54, 1.807) is 0 Å². The molecule has 0 bridgehead atoms. The molecule has 0 saturated carbocycles. The normalized spacial score (nSPS) is 21.2. The number of ether oxygens (including phenoxy) is 1. The van der Waals surface area contributed by atoms with Crippen LogP contribution in [0.2, 0.25) is 0 Å². The molecule has 24 heavy (non-hydrogen) atoms. The Hall–Kier alpha value is -2.08. The number of carbonyl (C=O) groups excluding carboxylic acids is 1. The van der Waals surface area contributed by atoms with Gasteiger partial charge in [-0.25, -0.2) is 0 Å². The van der Waals surface area contributed by atoms with Crippen molar-refractivity contribution in [2.75, 3.05) is 32.8 Å². The fourth-order valence-corrected chi connectivity index (χ4v) is 3.09. The molecule has 2 atom stereocenters. The Morgan fingerprint density at radius 1 is 1.38 bits per heavy atom. The van der Waals surface area contributed by atoms with Crippen LogP contribution in [-0.4, -0.2) is 54.7 Å². The topological polar surface area (TPSA) is 78.9 Å². The van der Waals surface area contributed by atoms with Crippen molar-refractivity contribution in [3.63, 3.8) is 0 Å². The summed E-state index contributed by atoms with van der Waals surface area (Å²) in [5, 5.41) is 12.0. The van der Waals surface area contributed by atoms with Gasteiger partial charge in [0, 0.05) is 13.1 Å². The molecule has 1 aliphatic heterocycles. The molecule has 6 heteroatoms.